The van der Waals surface area contributed by atoms with E-state index in [0.29, 0.717) is 5.25 Å². The first-order valence-corrected chi connectivity index (χ1v) is 6.13. The van der Waals surface area contributed by atoms with Gasteiger partial charge in [0.25, 0.3) is 0 Å². The molecule has 0 bridgehead atoms. The van der Waals surface area contributed by atoms with Gasteiger partial charge in [0, 0.05) is 5.25 Å². The fourth-order valence-electron chi connectivity index (χ4n) is 1.48. The van der Waals surface area contributed by atoms with Crippen LogP contribution < -0.4 is 0 Å². The highest BCUT2D eigenvalue weighted by Gasteiger charge is 2.13. The van der Waals surface area contributed by atoms with Gasteiger partial charge in [-0.3, -0.25) is 0 Å². The fraction of sp³-hybridized carbons (Fsp3) is 0.500. The molecule has 1 aromatic rings. The molecule has 0 fully saturated rings. The van der Waals surface area contributed by atoms with Gasteiger partial charge < -0.3 is 5.11 Å². The molecule has 0 spiro atoms. The number of rotatable bonds is 5. The van der Waals surface area contributed by atoms with Gasteiger partial charge in [-0.05, 0) is 24.7 Å². The van der Waals surface area contributed by atoms with E-state index in [0.717, 1.165) is 12.2 Å². The van der Waals surface area contributed by atoms with Crippen molar-refractivity contribution in [2.24, 2.45) is 0 Å². The minimum absolute atomic E-state index is 0.223. The molecule has 0 aliphatic heterocycles. The largest absolute Gasteiger partial charge is 0.393 e. The second-order valence-electron chi connectivity index (χ2n) is 3.44. The Morgan fingerprint density at radius 2 is 1.93 bits per heavy atom. The molecule has 0 aliphatic carbocycles. The minimum atomic E-state index is -0.223. The number of aliphatic hydroxyl groups is 1. The Balaban J connectivity index is 2.67. The summed E-state index contributed by atoms with van der Waals surface area (Å²) in [6.07, 6.45) is 0.613. The summed E-state index contributed by atoms with van der Waals surface area (Å²) in [5.74, 6) is 1.09. The smallest absolute Gasteiger partial charge is 0.0525 e. The third-order valence-electron chi connectivity index (χ3n) is 2.09. The molecule has 0 radical (unpaired) electrons. The molecule has 2 atom stereocenters. The van der Waals surface area contributed by atoms with Gasteiger partial charge >= 0.3 is 0 Å². The van der Waals surface area contributed by atoms with Crippen LogP contribution in [0.25, 0.3) is 0 Å². The third-order valence-corrected chi connectivity index (χ3v) is 3.29. The van der Waals surface area contributed by atoms with Crippen molar-refractivity contribution in [1.82, 2.24) is 0 Å². The topological polar surface area (TPSA) is 20.2 Å². The lowest BCUT2D eigenvalue weighted by atomic mass is 10.1. The number of hydrogen-bond donors (Lipinski definition) is 1. The summed E-state index contributed by atoms with van der Waals surface area (Å²) in [4.78, 5) is 0. The van der Waals surface area contributed by atoms with Gasteiger partial charge in [0.05, 0.1) is 6.10 Å². The van der Waals surface area contributed by atoms with Crippen molar-refractivity contribution in [3.05, 3.63) is 35.9 Å². The summed E-state index contributed by atoms with van der Waals surface area (Å²) in [7, 11) is 0. The molecule has 0 saturated carbocycles. The molecular weight excluding hydrogens is 192 g/mol. The zero-order valence-corrected chi connectivity index (χ0v) is 9.63. The van der Waals surface area contributed by atoms with E-state index in [-0.39, 0.29) is 6.10 Å². The summed E-state index contributed by atoms with van der Waals surface area (Å²) < 4.78 is 0. The van der Waals surface area contributed by atoms with Crippen LogP contribution in [0.15, 0.2) is 30.3 Å². The van der Waals surface area contributed by atoms with Crippen molar-refractivity contribution in [1.29, 1.82) is 0 Å². The van der Waals surface area contributed by atoms with Crippen LogP contribution >= 0.6 is 11.8 Å². The number of thioether (sulfide) groups is 1. The molecule has 2 unspecified atom stereocenters. The molecule has 2 heteroatoms. The fourth-order valence-corrected chi connectivity index (χ4v) is 2.65. The van der Waals surface area contributed by atoms with E-state index in [9.17, 15) is 5.11 Å². The second-order valence-corrected chi connectivity index (χ2v) is 4.92. The average Bonchev–Trinajstić information content (AvgIpc) is 2.18. The molecule has 0 amide bonds. The first kappa shape index (κ1) is 11.6. The molecular formula is C12H18OS. The molecule has 0 saturated heterocycles. The monoisotopic (exact) mass is 210 g/mol. The van der Waals surface area contributed by atoms with E-state index >= 15 is 0 Å². The van der Waals surface area contributed by atoms with Crippen molar-refractivity contribution in [2.75, 3.05) is 5.75 Å². The van der Waals surface area contributed by atoms with E-state index < -0.39 is 0 Å². The summed E-state index contributed by atoms with van der Waals surface area (Å²) in [6.45, 7) is 4.01. The van der Waals surface area contributed by atoms with Gasteiger partial charge in [-0.2, -0.15) is 11.8 Å². The molecule has 1 rings (SSSR count). The predicted octanol–water partition coefficient (Wildman–Crippen LogP) is 3.25. The highest BCUT2D eigenvalue weighted by molar-refractivity contribution is 7.99. The van der Waals surface area contributed by atoms with Crippen molar-refractivity contribution >= 4 is 11.8 Å². The predicted molar refractivity (Wildman–Crippen MR) is 63.6 cm³/mol. The van der Waals surface area contributed by atoms with Gasteiger partial charge in [0.1, 0.15) is 0 Å². The average molecular weight is 210 g/mol. The van der Waals surface area contributed by atoms with Gasteiger partial charge in [-0.25, -0.2) is 0 Å². The summed E-state index contributed by atoms with van der Waals surface area (Å²) in [5, 5.41) is 9.83. The Morgan fingerprint density at radius 1 is 1.29 bits per heavy atom. The standard InChI is InChI=1S/C12H18OS/c1-3-14-12(9-10(2)13)11-7-5-4-6-8-11/h4-8,10,12-13H,3,9H2,1-2H3. The van der Waals surface area contributed by atoms with Crippen LogP contribution in [0.1, 0.15) is 31.1 Å². The van der Waals surface area contributed by atoms with Gasteiger partial charge in [-0.1, -0.05) is 37.3 Å². The summed E-state index contributed by atoms with van der Waals surface area (Å²) >= 11 is 1.90. The highest BCUT2D eigenvalue weighted by Crippen LogP contribution is 2.32. The van der Waals surface area contributed by atoms with E-state index in [2.05, 4.69) is 31.2 Å². The Hall–Kier alpha value is -0.470. The molecule has 1 aromatic carbocycles. The van der Waals surface area contributed by atoms with E-state index in [1.54, 1.807) is 0 Å². The van der Waals surface area contributed by atoms with E-state index in [4.69, 9.17) is 0 Å². The van der Waals surface area contributed by atoms with Crippen LogP contribution in [-0.2, 0) is 0 Å². The number of aliphatic hydroxyl groups excluding tert-OH is 1. The maximum atomic E-state index is 9.40. The first-order chi connectivity index (χ1) is 6.74. The lowest BCUT2D eigenvalue weighted by Gasteiger charge is -2.17. The first-order valence-electron chi connectivity index (χ1n) is 5.08. The summed E-state index contributed by atoms with van der Waals surface area (Å²) in [6, 6.07) is 10.4. The van der Waals surface area contributed by atoms with Crippen LogP contribution in [0.3, 0.4) is 0 Å². The Bertz CT molecular complexity index is 246. The third kappa shape index (κ3) is 3.72. The van der Waals surface area contributed by atoms with Gasteiger partial charge in [-0.15, -0.1) is 0 Å². The maximum absolute atomic E-state index is 9.40. The van der Waals surface area contributed by atoms with Crippen LogP contribution in [0.2, 0.25) is 0 Å². The minimum Gasteiger partial charge on any atom is -0.393 e. The SMILES string of the molecule is CCSC(CC(C)O)c1ccccc1. The molecule has 14 heavy (non-hydrogen) atoms. The van der Waals surface area contributed by atoms with Gasteiger partial charge in [0.15, 0.2) is 0 Å². The van der Waals surface area contributed by atoms with Crippen LogP contribution in [0, 0.1) is 0 Å². The lowest BCUT2D eigenvalue weighted by Crippen LogP contribution is -2.06. The van der Waals surface area contributed by atoms with E-state index in [1.807, 2.05) is 24.8 Å². The second kappa shape index (κ2) is 6.10. The Kier molecular flexibility index (Phi) is 5.05. The maximum Gasteiger partial charge on any atom is 0.0525 e. The molecule has 78 valence electrons. The van der Waals surface area contributed by atoms with Crippen molar-refractivity contribution in [2.45, 2.75) is 31.6 Å². The number of benzene rings is 1. The Labute approximate surface area is 90.5 Å². The van der Waals surface area contributed by atoms with Crippen LogP contribution in [0.4, 0.5) is 0 Å². The van der Waals surface area contributed by atoms with Crippen LogP contribution in [0.5, 0.6) is 0 Å². The van der Waals surface area contributed by atoms with Crippen molar-refractivity contribution < 1.29 is 5.11 Å². The molecule has 0 heterocycles. The van der Waals surface area contributed by atoms with Crippen molar-refractivity contribution in [3.8, 4) is 0 Å². The van der Waals surface area contributed by atoms with Crippen LogP contribution in [-0.4, -0.2) is 17.0 Å². The molecule has 1 N–H and O–H groups in total. The van der Waals surface area contributed by atoms with Gasteiger partial charge in [0.2, 0.25) is 0 Å². The zero-order chi connectivity index (χ0) is 10.4. The van der Waals surface area contributed by atoms with E-state index in [1.165, 1.54) is 5.56 Å². The normalized spacial score (nSPS) is 15.1. The lowest BCUT2D eigenvalue weighted by molar-refractivity contribution is 0.184. The molecule has 0 aliphatic rings. The number of hydrogen-bond acceptors (Lipinski definition) is 2. The quantitative estimate of drug-likeness (QED) is 0.805. The van der Waals surface area contributed by atoms with Crippen molar-refractivity contribution in [3.63, 3.8) is 0 Å². The Morgan fingerprint density at radius 3 is 2.43 bits per heavy atom. The summed E-state index contributed by atoms with van der Waals surface area (Å²) in [5.41, 5.74) is 1.32. The highest BCUT2D eigenvalue weighted by atomic mass is 32.2. The zero-order valence-electron chi connectivity index (χ0n) is 8.81. The molecule has 1 nitrogen and oxygen atoms in total. The molecule has 0 aromatic heterocycles.